The third-order valence-electron chi connectivity index (χ3n) is 3.83. The molecule has 1 atom stereocenters. The standard InChI is InChI=1S/C14H19BrN2/c15-13-4-2-1-3-12(13)9-17-8-7-16-14(10-17)11-5-6-11/h1-4,11,14,16H,5-10H2. The molecule has 1 unspecified atom stereocenters. The van der Waals surface area contributed by atoms with Crippen molar-refractivity contribution in [1.82, 2.24) is 10.2 Å². The predicted molar refractivity (Wildman–Crippen MR) is 73.9 cm³/mol. The van der Waals surface area contributed by atoms with Crippen molar-refractivity contribution in [3.8, 4) is 0 Å². The average molecular weight is 295 g/mol. The van der Waals surface area contributed by atoms with Gasteiger partial charge in [-0.05, 0) is 30.4 Å². The molecule has 1 heterocycles. The van der Waals surface area contributed by atoms with Crippen LogP contribution in [0.4, 0.5) is 0 Å². The van der Waals surface area contributed by atoms with Gasteiger partial charge in [0.25, 0.3) is 0 Å². The van der Waals surface area contributed by atoms with Gasteiger partial charge in [0, 0.05) is 36.7 Å². The number of hydrogen-bond donors (Lipinski definition) is 1. The number of piperazine rings is 1. The summed E-state index contributed by atoms with van der Waals surface area (Å²) in [5, 5.41) is 3.66. The van der Waals surface area contributed by atoms with Gasteiger partial charge in [-0.1, -0.05) is 34.1 Å². The van der Waals surface area contributed by atoms with Crippen molar-refractivity contribution in [3.63, 3.8) is 0 Å². The molecule has 0 spiro atoms. The maximum absolute atomic E-state index is 3.66. The van der Waals surface area contributed by atoms with Crippen LogP contribution in [0, 0.1) is 5.92 Å². The molecule has 1 N–H and O–H groups in total. The zero-order chi connectivity index (χ0) is 11.7. The maximum Gasteiger partial charge on any atom is 0.0246 e. The van der Waals surface area contributed by atoms with Crippen molar-refractivity contribution in [2.24, 2.45) is 5.92 Å². The Bertz CT molecular complexity index is 390. The lowest BCUT2D eigenvalue weighted by molar-refractivity contribution is 0.181. The highest BCUT2D eigenvalue weighted by Crippen LogP contribution is 2.34. The molecule has 1 aromatic rings. The third-order valence-corrected chi connectivity index (χ3v) is 4.61. The van der Waals surface area contributed by atoms with E-state index < -0.39 is 0 Å². The molecule has 0 radical (unpaired) electrons. The first-order valence-corrected chi connectivity index (χ1v) is 7.31. The summed E-state index contributed by atoms with van der Waals surface area (Å²) in [7, 11) is 0. The fourth-order valence-corrected chi connectivity index (χ4v) is 3.08. The normalized spacial score (nSPS) is 26.1. The van der Waals surface area contributed by atoms with Crippen LogP contribution in [0.25, 0.3) is 0 Å². The SMILES string of the molecule is Brc1ccccc1CN1CCNC(C2CC2)C1. The Labute approximate surface area is 112 Å². The van der Waals surface area contributed by atoms with Crippen molar-refractivity contribution >= 4 is 15.9 Å². The molecule has 1 saturated carbocycles. The van der Waals surface area contributed by atoms with Gasteiger partial charge in [0.1, 0.15) is 0 Å². The number of nitrogens with one attached hydrogen (secondary N) is 1. The summed E-state index contributed by atoms with van der Waals surface area (Å²) in [5.41, 5.74) is 1.41. The van der Waals surface area contributed by atoms with Crippen LogP contribution >= 0.6 is 15.9 Å². The van der Waals surface area contributed by atoms with Gasteiger partial charge in [-0.15, -0.1) is 0 Å². The zero-order valence-corrected chi connectivity index (χ0v) is 11.6. The Hall–Kier alpha value is -0.380. The van der Waals surface area contributed by atoms with E-state index in [-0.39, 0.29) is 0 Å². The van der Waals surface area contributed by atoms with Crippen LogP contribution in [0.15, 0.2) is 28.7 Å². The number of rotatable bonds is 3. The van der Waals surface area contributed by atoms with Gasteiger partial charge >= 0.3 is 0 Å². The number of halogens is 1. The second kappa shape index (κ2) is 5.09. The Morgan fingerprint density at radius 2 is 2.12 bits per heavy atom. The summed E-state index contributed by atoms with van der Waals surface area (Å²) in [6, 6.07) is 9.30. The Morgan fingerprint density at radius 3 is 2.88 bits per heavy atom. The van der Waals surface area contributed by atoms with E-state index in [2.05, 4.69) is 50.4 Å². The summed E-state index contributed by atoms with van der Waals surface area (Å²) >= 11 is 3.64. The minimum Gasteiger partial charge on any atom is -0.311 e. The van der Waals surface area contributed by atoms with Crippen LogP contribution in [-0.2, 0) is 6.54 Å². The monoisotopic (exact) mass is 294 g/mol. The molecule has 17 heavy (non-hydrogen) atoms. The minimum absolute atomic E-state index is 0.742. The second-order valence-electron chi connectivity index (χ2n) is 5.22. The number of nitrogens with zero attached hydrogens (tertiary/aromatic N) is 1. The highest BCUT2D eigenvalue weighted by Gasteiger charge is 2.33. The number of hydrogen-bond acceptors (Lipinski definition) is 2. The molecule has 2 fully saturated rings. The van der Waals surface area contributed by atoms with Crippen LogP contribution in [-0.4, -0.2) is 30.6 Å². The first-order chi connectivity index (χ1) is 8.33. The minimum atomic E-state index is 0.742. The molecule has 1 aliphatic carbocycles. The van der Waals surface area contributed by atoms with Crippen LogP contribution < -0.4 is 5.32 Å². The maximum atomic E-state index is 3.66. The Morgan fingerprint density at radius 1 is 1.29 bits per heavy atom. The molecule has 1 aliphatic heterocycles. The van der Waals surface area contributed by atoms with Crippen molar-refractivity contribution in [2.75, 3.05) is 19.6 Å². The van der Waals surface area contributed by atoms with Crippen LogP contribution in [0.5, 0.6) is 0 Å². The van der Waals surface area contributed by atoms with E-state index in [0.29, 0.717) is 0 Å². The van der Waals surface area contributed by atoms with Crippen LogP contribution in [0.3, 0.4) is 0 Å². The largest absolute Gasteiger partial charge is 0.311 e. The molecule has 2 aliphatic rings. The highest BCUT2D eigenvalue weighted by atomic mass is 79.9. The predicted octanol–water partition coefficient (Wildman–Crippen LogP) is 2.63. The molecule has 3 heteroatoms. The summed E-state index contributed by atoms with van der Waals surface area (Å²) in [6.45, 7) is 4.61. The lowest BCUT2D eigenvalue weighted by Crippen LogP contribution is -2.51. The van der Waals surface area contributed by atoms with Gasteiger partial charge < -0.3 is 5.32 Å². The quantitative estimate of drug-likeness (QED) is 0.922. The van der Waals surface area contributed by atoms with Gasteiger partial charge in [-0.3, -0.25) is 4.90 Å². The summed E-state index contributed by atoms with van der Waals surface area (Å²) in [4.78, 5) is 2.58. The van der Waals surface area contributed by atoms with Crippen molar-refractivity contribution in [2.45, 2.75) is 25.4 Å². The molecular formula is C14H19BrN2. The van der Waals surface area contributed by atoms with E-state index in [9.17, 15) is 0 Å². The molecule has 0 bridgehead atoms. The summed E-state index contributed by atoms with van der Waals surface area (Å²) in [6.07, 6.45) is 2.86. The Kier molecular flexibility index (Phi) is 3.50. The topological polar surface area (TPSA) is 15.3 Å². The molecule has 1 saturated heterocycles. The molecular weight excluding hydrogens is 276 g/mol. The van der Waals surface area contributed by atoms with Crippen molar-refractivity contribution in [1.29, 1.82) is 0 Å². The van der Waals surface area contributed by atoms with Gasteiger partial charge in [0.05, 0.1) is 0 Å². The Balaban J connectivity index is 1.62. The van der Waals surface area contributed by atoms with Gasteiger partial charge in [-0.25, -0.2) is 0 Å². The first kappa shape index (κ1) is 11.7. The van der Waals surface area contributed by atoms with E-state index in [0.717, 1.165) is 25.0 Å². The molecule has 2 nitrogen and oxygen atoms in total. The lowest BCUT2D eigenvalue weighted by atomic mass is 10.1. The first-order valence-electron chi connectivity index (χ1n) is 6.52. The molecule has 92 valence electrons. The smallest absolute Gasteiger partial charge is 0.0246 e. The summed E-state index contributed by atoms with van der Waals surface area (Å²) in [5.74, 6) is 0.956. The van der Waals surface area contributed by atoms with E-state index in [1.54, 1.807) is 0 Å². The lowest BCUT2D eigenvalue weighted by Gasteiger charge is -2.34. The molecule has 0 aromatic heterocycles. The molecule has 0 amide bonds. The third kappa shape index (κ3) is 2.90. The summed E-state index contributed by atoms with van der Waals surface area (Å²) < 4.78 is 1.24. The average Bonchev–Trinajstić information content (AvgIpc) is 3.17. The highest BCUT2D eigenvalue weighted by molar-refractivity contribution is 9.10. The van der Waals surface area contributed by atoms with E-state index >= 15 is 0 Å². The van der Waals surface area contributed by atoms with Gasteiger partial charge in [-0.2, -0.15) is 0 Å². The van der Waals surface area contributed by atoms with Crippen LogP contribution in [0.1, 0.15) is 18.4 Å². The van der Waals surface area contributed by atoms with Crippen molar-refractivity contribution < 1.29 is 0 Å². The van der Waals surface area contributed by atoms with Crippen molar-refractivity contribution in [3.05, 3.63) is 34.3 Å². The molecule has 1 aromatic carbocycles. The number of benzene rings is 1. The van der Waals surface area contributed by atoms with Gasteiger partial charge in [0.15, 0.2) is 0 Å². The van der Waals surface area contributed by atoms with Gasteiger partial charge in [0.2, 0.25) is 0 Å². The fraction of sp³-hybridized carbons (Fsp3) is 0.571. The van der Waals surface area contributed by atoms with Crippen LogP contribution in [0.2, 0.25) is 0 Å². The molecule has 3 rings (SSSR count). The zero-order valence-electron chi connectivity index (χ0n) is 10.0. The van der Waals surface area contributed by atoms with E-state index in [1.807, 2.05) is 0 Å². The second-order valence-corrected chi connectivity index (χ2v) is 6.08. The van der Waals surface area contributed by atoms with E-state index in [1.165, 1.54) is 36.0 Å². The van der Waals surface area contributed by atoms with E-state index in [4.69, 9.17) is 0 Å². The fourth-order valence-electron chi connectivity index (χ4n) is 2.67.